The van der Waals surface area contributed by atoms with Crippen molar-refractivity contribution < 1.29 is 14.3 Å². The second kappa shape index (κ2) is 7.31. The van der Waals surface area contributed by atoms with Crippen LogP contribution in [0.15, 0.2) is 18.2 Å². The largest absolute Gasteiger partial charge is 0.497 e. The van der Waals surface area contributed by atoms with E-state index in [9.17, 15) is 4.79 Å². The lowest BCUT2D eigenvalue weighted by molar-refractivity contribution is 0.0939. The molecule has 0 saturated heterocycles. The number of nitrogens with two attached hydrogens (primary N) is 1. The second-order valence-electron chi connectivity index (χ2n) is 5.57. The van der Waals surface area contributed by atoms with Crippen LogP contribution in [0.1, 0.15) is 36.0 Å². The van der Waals surface area contributed by atoms with E-state index in [0.29, 0.717) is 29.5 Å². The molecule has 2 atom stereocenters. The molecule has 2 unspecified atom stereocenters. The standard InChI is InChI=1S/C16H24N2O3/c1-20-13-6-7-15(21-2)14(9-13)16(19)18-10-11-4-3-5-12(17)8-11/h6-7,9,11-12H,3-5,8,10,17H2,1-2H3,(H,18,19). The van der Waals surface area contributed by atoms with Crippen LogP contribution in [0.25, 0.3) is 0 Å². The molecule has 1 aromatic carbocycles. The summed E-state index contributed by atoms with van der Waals surface area (Å²) in [6.45, 7) is 0.660. The third kappa shape index (κ3) is 4.11. The smallest absolute Gasteiger partial charge is 0.255 e. The molecule has 0 bridgehead atoms. The molecule has 1 saturated carbocycles. The first-order valence-electron chi connectivity index (χ1n) is 7.40. The molecule has 21 heavy (non-hydrogen) atoms. The lowest BCUT2D eigenvalue weighted by atomic mass is 9.86. The van der Waals surface area contributed by atoms with Crippen LogP contribution in [0, 0.1) is 5.92 Å². The molecule has 1 fully saturated rings. The van der Waals surface area contributed by atoms with E-state index in [1.807, 2.05) is 0 Å². The summed E-state index contributed by atoms with van der Waals surface area (Å²) >= 11 is 0. The molecule has 5 heteroatoms. The summed E-state index contributed by atoms with van der Waals surface area (Å²) in [6.07, 6.45) is 4.34. The SMILES string of the molecule is COc1ccc(OC)c(C(=O)NCC2CCCC(N)C2)c1. The first kappa shape index (κ1) is 15.6. The molecule has 0 radical (unpaired) electrons. The van der Waals surface area contributed by atoms with Crippen molar-refractivity contribution in [3.63, 3.8) is 0 Å². The zero-order chi connectivity index (χ0) is 15.2. The molecule has 0 heterocycles. The van der Waals surface area contributed by atoms with Gasteiger partial charge in [0.25, 0.3) is 5.91 Å². The van der Waals surface area contributed by atoms with E-state index >= 15 is 0 Å². The van der Waals surface area contributed by atoms with E-state index < -0.39 is 0 Å². The fraction of sp³-hybridized carbons (Fsp3) is 0.562. The molecule has 1 aromatic rings. The van der Waals surface area contributed by atoms with E-state index in [4.69, 9.17) is 15.2 Å². The predicted molar refractivity (Wildman–Crippen MR) is 81.8 cm³/mol. The summed E-state index contributed by atoms with van der Waals surface area (Å²) in [5.41, 5.74) is 6.47. The maximum absolute atomic E-state index is 12.3. The first-order valence-corrected chi connectivity index (χ1v) is 7.40. The summed E-state index contributed by atoms with van der Waals surface area (Å²) < 4.78 is 10.4. The average Bonchev–Trinajstić information content (AvgIpc) is 2.52. The maximum Gasteiger partial charge on any atom is 0.255 e. The van der Waals surface area contributed by atoms with Crippen molar-refractivity contribution in [2.45, 2.75) is 31.7 Å². The van der Waals surface area contributed by atoms with Crippen LogP contribution in [0.4, 0.5) is 0 Å². The number of carbonyl (C=O) groups excluding carboxylic acids is 1. The molecule has 5 nitrogen and oxygen atoms in total. The minimum atomic E-state index is -0.134. The lowest BCUT2D eigenvalue weighted by Crippen LogP contribution is -2.35. The Morgan fingerprint density at radius 1 is 1.33 bits per heavy atom. The van der Waals surface area contributed by atoms with Crippen LogP contribution in [-0.2, 0) is 0 Å². The number of rotatable bonds is 5. The molecule has 0 aliphatic heterocycles. The Hall–Kier alpha value is -1.75. The summed E-state index contributed by atoms with van der Waals surface area (Å²) in [6, 6.07) is 5.48. The topological polar surface area (TPSA) is 73.6 Å². The number of methoxy groups -OCH3 is 2. The average molecular weight is 292 g/mol. The van der Waals surface area contributed by atoms with Crippen molar-refractivity contribution in [3.8, 4) is 11.5 Å². The van der Waals surface area contributed by atoms with Gasteiger partial charge in [0.05, 0.1) is 19.8 Å². The minimum Gasteiger partial charge on any atom is -0.497 e. The highest BCUT2D eigenvalue weighted by Crippen LogP contribution is 2.25. The Bertz CT molecular complexity index is 490. The highest BCUT2D eigenvalue weighted by Gasteiger charge is 2.21. The molecule has 1 amide bonds. The second-order valence-corrected chi connectivity index (χ2v) is 5.57. The molecule has 1 aliphatic rings. The molecule has 3 N–H and O–H groups in total. The van der Waals surface area contributed by atoms with Gasteiger partial charge in [0.15, 0.2) is 0 Å². The van der Waals surface area contributed by atoms with Gasteiger partial charge in [-0.05, 0) is 43.4 Å². The Kier molecular flexibility index (Phi) is 5.44. The number of benzene rings is 1. The van der Waals surface area contributed by atoms with Gasteiger partial charge < -0.3 is 20.5 Å². The summed E-state index contributed by atoms with van der Waals surface area (Å²) in [4.78, 5) is 12.3. The van der Waals surface area contributed by atoms with E-state index in [2.05, 4.69) is 5.32 Å². The monoisotopic (exact) mass is 292 g/mol. The van der Waals surface area contributed by atoms with Gasteiger partial charge in [-0.2, -0.15) is 0 Å². The van der Waals surface area contributed by atoms with Crippen molar-refractivity contribution >= 4 is 5.91 Å². The van der Waals surface area contributed by atoms with Gasteiger partial charge in [-0.15, -0.1) is 0 Å². The molecule has 1 aliphatic carbocycles. The van der Waals surface area contributed by atoms with Gasteiger partial charge in [-0.1, -0.05) is 6.42 Å². The lowest BCUT2D eigenvalue weighted by Gasteiger charge is -2.26. The Balaban J connectivity index is 1.99. The van der Waals surface area contributed by atoms with Gasteiger partial charge in [-0.25, -0.2) is 0 Å². The van der Waals surface area contributed by atoms with Gasteiger partial charge in [0.1, 0.15) is 11.5 Å². The van der Waals surface area contributed by atoms with Crippen molar-refractivity contribution in [2.75, 3.05) is 20.8 Å². The normalized spacial score (nSPS) is 21.7. The Morgan fingerprint density at radius 3 is 2.81 bits per heavy atom. The van der Waals surface area contributed by atoms with Crippen molar-refractivity contribution in [1.82, 2.24) is 5.32 Å². The van der Waals surface area contributed by atoms with Crippen molar-refractivity contribution in [3.05, 3.63) is 23.8 Å². The third-order valence-electron chi connectivity index (χ3n) is 4.03. The molecular weight excluding hydrogens is 268 g/mol. The maximum atomic E-state index is 12.3. The zero-order valence-corrected chi connectivity index (χ0v) is 12.7. The quantitative estimate of drug-likeness (QED) is 0.870. The molecule has 0 aromatic heterocycles. The first-order chi connectivity index (χ1) is 10.1. The molecule has 2 rings (SSSR count). The van der Waals surface area contributed by atoms with Crippen LogP contribution < -0.4 is 20.5 Å². The fourth-order valence-electron chi connectivity index (χ4n) is 2.84. The van der Waals surface area contributed by atoms with Gasteiger partial charge >= 0.3 is 0 Å². The number of nitrogens with one attached hydrogen (secondary N) is 1. The highest BCUT2D eigenvalue weighted by atomic mass is 16.5. The Morgan fingerprint density at radius 2 is 2.14 bits per heavy atom. The van der Waals surface area contributed by atoms with Crippen molar-refractivity contribution in [1.29, 1.82) is 0 Å². The molecule has 0 spiro atoms. The van der Waals surface area contributed by atoms with E-state index in [-0.39, 0.29) is 11.9 Å². The van der Waals surface area contributed by atoms with Crippen LogP contribution >= 0.6 is 0 Å². The summed E-state index contributed by atoms with van der Waals surface area (Å²) in [5, 5.41) is 2.99. The molecule has 116 valence electrons. The van der Waals surface area contributed by atoms with Gasteiger partial charge in [-0.3, -0.25) is 4.79 Å². The summed E-state index contributed by atoms with van der Waals surface area (Å²) in [5.74, 6) is 1.52. The molecular formula is C16H24N2O3. The predicted octanol–water partition coefficient (Wildman–Crippen LogP) is 1.95. The highest BCUT2D eigenvalue weighted by molar-refractivity contribution is 5.97. The zero-order valence-electron chi connectivity index (χ0n) is 12.7. The fourth-order valence-corrected chi connectivity index (χ4v) is 2.84. The number of hydrogen-bond donors (Lipinski definition) is 2. The number of hydrogen-bond acceptors (Lipinski definition) is 4. The van der Waals surface area contributed by atoms with Gasteiger partial charge in [0.2, 0.25) is 0 Å². The third-order valence-corrected chi connectivity index (χ3v) is 4.03. The van der Waals surface area contributed by atoms with E-state index in [0.717, 1.165) is 25.7 Å². The van der Waals surface area contributed by atoms with E-state index in [1.54, 1.807) is 32.4 Å². The number of ether oxygens (including phenoxy) is 2. The Labute approximate surface area is 125 Å². The van der Waals surface area contributed by atoms with Crippen LogP contribution in [0.5, 0.6) is 11.5 Å². The van der Waals surface area contributed by atoms with Crippen LogP contribution in [0.3, 0.4) is 0 Å². The number of amides is 1. The van der Waals surface area contributed by atoms with Gasteiger partial charge in [0, 0.05) is 12.6 Å². The van der Waals surface area contributed by atoms with Crippen LogP contribution in [0.2, 0.25) is 0 Å². The minimum absolute atomic E-state index is 0.134. The number of carbonyl (C=O) groups is 1. The van der Waals surface area contributed by atoms with Crippen molar-refractivity contribution in [2.24, 2.45) is 11.7 Å². The van der Waals surface area contributed by atoms with Crippen LogP contribution in [-0.4, -0.2) is 32.7 Å². The van der Waals surface area contributed by atoms with E-state index in [1.165, 1.54) is 0 Å². The summed E-state index contributed by atoms with van der Waals surface area (Å²) in [7, 11) is 3.13.